The van der Waals surface area contributed by atoms with E-state index in [0.717, 1.165) is 6.92 Å². The number of nitrogens with two attached hydrogens (primary N) is 2. The van der Waals surface area contributed by atoms with Crippen LogP contribution in [0.25, 0.3) is 0 Å². The summed E-state index contributed by atoms with van der Waals surface area (Å²) in [6, 6.07) is -0.125. The number of carbonyl (C=O) groups is 5. The number of carboxylic acid groups (broad SMARTS) is 1. The highest BCUT2D eigenvalue weighted by atomic mass is 16.4. The molecule has 6 atom stereocenters. The molecule has 0 saturated heterocycles. The van der Waals surface area contributed by atoms with Crippen molar-refractivity contribution in [2.45, 2.75) is 69.5 Å². The Morgan fingerprint density at radius 3 is 1.86 bits per heavy atom. The first-order valence-corrected chi connectivity index (χ1v) is 11.0. The predicted molar refractivity (Wildman–Crippen MR) is 125 cm³/mol. The van der Waals surface area contributed by atoms with Crippen molar-refractivity contribution in [1.82, 2.24) is 16.0 Å². The van der Waals surface area contributed by atoms with Gasteiger partial charge in [-0.2, -0.15) is 0 Å². The van der Waals surface area contributed by atoms with E-state index in [0.29, 0.717) is 5.56 Å². The molecule has 11 N–H and O–H groups in total. The number of rotatable bonds is 14. The van der Waals surface area contributed by atoms with Crippen LogP contribution in [0.4, 0.5) is 0 Å². The van der Waals surface area contributed by atoms with Gasteiger partial charge < -0.3 is 47.8 Å². The summed E-state index contributed by atoms with van der Waals surface area (Å²) in [5.41, 5.74) is 11.3. The van der Waals surface area contributed by atoms with Gasteiger partial charge in [0.2, 0.25) is 23.6 Å². The third-order valence-corrected chi connectivity index (χ3v) is 5.16. The molecular weight excluding hydrogens is 478 g/mol. The van der Waals surface area contributed by atoms with Gasteiger partial charge in [-0.3, -0.25) is 19.2 Å². The summed E-state index contributed by atoms with van der Waals surface area (Å²) < 4.78 is 0. The second-order valence-electron chi connectivity index (χ2n) is 8.34. The van der Waals surface area contributed by atoms with Crippen LogP contribution in [0.3, 0.4) is 0 Å². The minimum absolute atomic E-state index is 0.0332. The quantitative estimate of drug-likeness (QED) is 0.121. The average Bonchev–Trinajstić information content (AvgIpc) is 2.79. The van der Waals surface area contributed by atoms with E-state index < -0.39 is 66.0 Å². The number of carboxylic acids is 1. The monoisotopic (exact) mass is 511 g/mol. The van der Waals surface area contributed by atoms with Gasteiger partial charge in [0.05, 0.1) is 18.2 Å². The largest absolute Gasteiger partial charge is 0.508 e. The number of primary amides is 1. The second-order valence-corrected chi connectivity index (χ2v) is 8.34. The molecule has 0 bridgehead atoms. The van der Waals surface area contributed by atoms with Crippen LogP contribution in [-0.4, -0.2) is 86.4 Å². The maximum absolute atomic E-state index is 13.1. The topological polar surface area (TPSA) is 254 Å². The van der Waals surface area contributed by atoms with Gasteiger partial charge in [0.15, 0.2) is 6.04 Å². The van der Waals surface area contributed by atoms with Crippen LogP contribution in [0.5, 0.6) is 5.75 Å². The molecule has 14 heteroatoms. The van der Waals surface area contributed by atoms with Crippen molar-refractivity contribution in [3.63, 3.8) is 0 Å². The zero-order chi connectivity index (χ0) is 27.6. The van der Waals surface area contributed by atoms with Crippen molar-refractivity contribution < 1.29 is 44.4 Å². The summed E-state index contributed by atoms with van der Waals surface area (Å²) in [6.45, 7) is 2.32. The molecule has 36 heavy (non-hydrogen) atoms. The number of amides is 4. The number of phenols is 1. The first kappa shape index (κ1) is 30.3. The molecule has 0 spiro atoms. The van der Waals surface area contributed by atoms with Crippen LogP contribution in [0.15, 0.2) is 24.3 Å². The van der Waals surface area contributed by atoms with E-state index in [1.54, 1.807) is 0 Å². The zero-order valence-corrected chi connectivity index (χ0v) is 19.9. The molecule has 6 unspecified atom stereocenters. The standard InChI is InChI=1S/C22H33N5O9/c1-10(28)17(21(34)27-18(11(2)29)22(35)36)26-20(33)15(9-12-3-5-13(30)6-4-12)25-19(32)14(23)7-8-16(24)31/h3-6,10-11,14-15,17-18,28-30H,7-9,23H2,1-2H3,(H2,24,31)(H,25,32)(H,26,33)(H,27,34)(H,35,36). The Hall–Kier alpha value is -3.75. The smallest absolute Gasteiger partial charge is 0.328 e. The van der Waals surface area contributed by atoms with Crippen molar-refractivity contribution in [1.29, 1.82) is 0 Å². The summed E-state index contributed by atoms with van der Waals surface area (Å²) in [6.07, 6.45) is -3.31. The van der Waals surface area contributed by atoms with Gasteiger partial charge in [-0.1, -0.05) is 12.1 Å². The minimum Gasteiger partial charge on any atom is -0.508 e. The van der Waals surface area contributed by atoms with E-state index in [9.17, 15) is 39.3 Å². The summed E-state index contributed by atoms with van der Waals surface area (Å²) in [5, 5.41) is 45.0. The number of aromatic hydroxyl groups is 1. The summed E-state index contributed by atoms with van der Waals surface area (Å²) in [5.74, 6) is -5.01. The van der Waals surface area contributed by atoms with Gasteiger partial charge in [-0.15, -0.1) is 0 Å². The first-order valence-electron chi connectivity index (χ1n) is 11.0. The van der Waals surface area contributed by atoms with E-state index >= 15 is 0 Å². The SMILES string of the molecule is CC(O)C(NC(=O)C(NC(=O)C(Cc1ccc(O)cc1)NC(=O)C(N)CCC(N)=O)C(C)O)C(=O)O. The summed E-state index contributed by atoms with van der Waals surface area (Å²) in [7, 11) is 0. The molecular formula is C22H33N5O9. The van der Waals surface area contributed by atoms with Crippen LogP contribution in [0.1, 0.15) is 32.3 Å². The van der Waals surface area contributed by atoms with E-state index in [4.69, 9.17) is 16.6 Å². The number of benzene rings is 1. The van der Waals surface area contributed by atoms with Gasteiger partial charge >= 0.3 is 5.97 Å². The van der Waals surface area contributed by atoms with Crippen molar-refractivity contribution in [2.75, 3.05) is 0 Å². The fourth-order valence-electron chi connectivity index (χ4n) is 3.08. The molecule has 0 aliphatic heterocycles. The van der Waals surface area contributed by atoms with Crippen molar-refractivity contribution in [3.8, 4) is 5.75 Å². The maximum Gasteiger partial charge on any atom is 0.328 e. The molecule has 1 aromatic rings. The minimum atomic E-state index is -1.70. The van der Waals surface area contributed by atoms with E-state index in [1.807, 2.05) is 5.32 Å². The average molecular weight is 512 g/mol. The van der Waals surface area contributed by atoms with Crippen molar-refractivity contribution in [3.05, 3.63) is 29.8 Å². The van der Waals surface area contributed by atoms with E-state index in [2.05, 4.69) is 10.6 Å². The summed E-state index contributed by atoms with van der Waals surface area (Å²) in [4.78, 5) is 60.4. The molecule has 0 aromatic heterocycles. The lowest BCUT2D eigenvalue weighted by molar-refractivity contribution is -0.146. The summed E-state index contributed by atoms with van der Waals surface area (Å²) >= 11 is 0. The Kier molecular flexibility index (Phi) is 11.7. The molecule has 0 saturated carbocycles. The van der Waals surface area contributed by atoms with Gasteiger partial charge in [0.25, 0.3) is 0 Å². The lowest BCUT2D eigenvalue weighted by atomic mass is 10.0. The van der Waals surface area contributed by atoms with Gasteiger partial charge in [0, 0.05) is 12.8 Å². The Labute approximate surface area is 207 Å². The lowest BCUT2D eigenvalue weighted by Crippen LogP contribution is -2.61. The number of aliphatic hydroxyl groups is 2. The number of aliphatic hydroxyl groups excluding tert-OH is 2. The first-order chi connectivity index (χ1) is 16.7. The van der Waals surface area contributed by atoms with Gasteiger partial charge in [0.1, 0.15) is 17.8 Å². The van der Waals surface area contributed by atoms with Crippen LogP contribution < -0.4 is 27.4 Å². The Bertz CT molecular complexity index is 936. The maximum atomic E-state index is 13.1. The third kappa shape index (κ3) is 9.85. The van der Waals surface area contributed by atoms with Crippen LogP contribution in [0, 0.1) is 0 Å². The van der Waals surface area contributed by atoms with E-state index in [-0.39, 0.29) is 25.0 Å². The van der Waals surface area contributed by atoms with Gasteiger partial charge in [-0.25, -0.2) is 4.79 Å². The molecule has 1 rings (SSSR count). The van der Waals surface area contributed by atoms with Crippen LogP contribution >= 0.6 is 0 Å². The lowest BCUT2D eigenvalue weighted by Gasteiger charge is -2.27. The molecule has 14 nitrogen and oxygen atoms in total. The number of aliphatic carboxylic acids is 1. The highest BCUT2D eigenvalue weighted by Crippen LogP contribution is 2.12. The Balaban J connectivity index is 3.10. The van der Waals surface area contributed by atoms with Gasteiger partial charge in [-0.05, 0) is 38.0 Å². The highest BCUT2D eigenvalue weighted by Gasteiger charge is 2.34. The van der Waals surface area contributed by atoms with Crippen molar-refractivity contribution in [2.24, 2.45) is 11.5 Å². The molecule has 0 radical (unpaired) electrons. The van der Waals surface area contributed by atoms with Crippen molar-refractivity contribution >= 4 is 29.6 Å². The second kappa shape index (κ2) is 14.0. The fraction of sp³-hybridized carbons (Fsp3) is 0.500. The Morgan fingerprint density at radius 1 is 0.861 bits per heavy atom. The van der Waals surface area contributed by atoms with Crippen LogP contribution in [0.2, 0.25) is 0 Å². The number of carbonyl (C=O) groups excluding carboxylic acids is 4. The zero-order valence-electron chi connectivity index (χ0n) is 19.9. The molecule has 0 aliphatic rings. The fourth-order valence-corrected chi connectivity index (χ4v) is 3.08. The number of hydrogen-bond acceptors (Lipinski definition) is 9. The highest BCUT2D eigenvalue weighted by molar-refractivity contribution is 5.94. The molecule has 0 fully saturated rings. The van der Waals surface area contributed by atoms with Crippen LogP contribution in [-0.2, 0) is 30.4 Å². The molecule has 0 aliphatic carbocycles. The number of phenolic OH excluding ortho intramolecular Hbond substituents is 1. The Morgan fingerprint density at radius 2 is 1.39 bits per heavy atom. The molecule has 4 amide bonds. The molecule has 1 aromatic carbocycles. The number of nitrogens with one attached hydrogen (secondary N) is 3. The number of hydrogen-bond donors (Lipinski definition) is 9. The van der Waals surface area contributed by atoms with E-state index in [1.165, 1.54) is 31.2 Å². The predicted octanol–water partition coefficient (Wildman–Crippen LogP) is -3.17. The molecule has 0 heterocycles. The third-order valence-electron chi connectivity index (χ3n) is 5.16. The normalized spacial score (nSPS) is 15.9. The molecule has 200 valence electrons.